The summed E-state index contributed by atoms with van der Waals surface area (Å²) >= 11 is 12.3. The second-order valence-electron chi connectivity index (χ2n) is 5.21. The van der Waals surface area contributed by atoms with Crippen LogP contribution in [0, 0.1) is 0 Å². The molecule has 1 aromatic carbocycles. The molecule has 3 nitrogen and oxygen atoms in total. The highest BCUT2D eigenvalue weighted by Gasteiger charge is 2.35. The zero-order valence-electron chi connectivity index (χ0n) is 10.8. The van der Waals surface area contributed by atoms with E-state index >= 15 is 0 Å². The van der Waals surface area contributed by atoms with Crippen LogP contribution in [-0.2, 0) is 5.41 Å². The molecule has 0 radical (unpaired) electrons. The van der Waals surface area contributed by atoms with Crippen molar-refractivity contribution in [2.75, 3.05) is 6.54 Å². The van der Waals surface area contributed by atoms with Crippen LogP contribution in [0.3, 0.4) is 0 Å². The molecule has 4 N–H and O–H groups in total. The number of hydrogen-bond acceptors (Lipinski definition) is 1. The molecular formula is C14H19Cl2N3. The SMILES string of the molecule is NC(N)=NCC1(c2ccc(Cl)cc2Cl)CCCCC1. The number of nitrogens with two attached hydrogens (primary N) is 2. The third-order valence-corrected chi connectivity index (χ3v) is 4.43. The zero-order chi connectivity index (χ0) is 13.9. The fourth-order valence-electron chi connectivity index (χ4n) is 2.90. The molecule has 2 rings (SSSR count). The Bertz CT molecular complexity index is 476. The Hall–Kier alpha value is -0.930. The Balaban J connectivity index is 2.38. The lowest BCUT2D eigenvalue weighted by atomic mass is 9.69. The van der Waals surface area contributed by atoms with Crippen LogP contribution < -0.4 is 11.5 Å². The van der Waals surface area contributed by atoms with Crippen LogP contribution in [-0.4, -0.2) is 12.5 Å². The van der Waals surface area contributed by atoms with Crippen LogP contribution in [0.25, 0.3) is 0 Å². The number of guanidine groups is 1. The maximum absolute atomic E-state index is 6.37. The van der Waals surface area contributed by atoms with Gasteiger partial charge in [0, 0.05) is 15.5 Å². The number of benzene rings is 1. The van der Waals surface area contributed by atoms with Crippen molar-refractivity contribution in [3.63, 3.8) is 0 Å². The fraction of sp³-hybridized carbons (Fsp3) is 0.500. The normalized spacial score (nSPS) is 18.0. The van der Waals surface area contributed by atoms with Crippen molar-refractivity contribution in [2.45, 2.75) is 37.5 Å². The van der Waals surface area contributed by atoms with Gasteiger partial charge in [-0.15, -0.1) is 0 Å². The number of halogens is 2. The van der Waals surface area contributed by atoms with Crippen molar-refractivity contribution in [3.8, 4) is 0 Å². The first-order valence-electron chi connectivity index (χ1n) is 6.54. The van der Waals surface area contributed by atoms with Gasteiger partial charge in [0.25, 0.3) is 0 Å². The number of nitrogens with zero attached hydrogens (tertiary/aromatic N) is 1. The summed E-state index contributed by atoms with van der Waals surface area (Å²) in [6.07, 6.45) is 5.74. The molecular weight excluding hydrogens is 281 g/mol. The number of hydrogen-bond donors (Lipinski definition) is 2. The maximum atomic E-state index is 6.37. The van der Waals surface area contributed by atoms with Crippen molar-refractivity contribution in [1.29, 1.82) is 0 Å². The molecule has 0 amide bonds. The Morgan fingerprint density at radius 2 is 1.84 bits per heavy atom. The molecule has 1 aliphatic carbocycles. The van der Waals surface area contributed by atoms with Gasteiger partial charge in [-0.05, 0) is 30.5 Å². The van der Waals surface area contributed by atoms with Gasteiger partial charge in [-0.25, -0.2) is 0 Å². The summed E-state index contributed by atoms with van der Waals surface area (Å²) in [6, 6.07) is 5.69. The minimum atomic E-state index is -0.0517. The van der Waals surface area contributed by atoms with E-state index in [4.69, 9.17) is 34.7 Å². The van der Waals surface area contributed by atoms with E-state index in [0.717, 1.165) is 18.4 Å². The van der Waals surface area contributed by atoms with Crippen LogP contribution in [0.15, 0.2) is 23.2 Å². The minimum absolute atomic E-state index is 0.0517. The lowest BCUT2D eigenvalue weighted by Gasteiger charge is -2.37. The van der Waals surface area contributed by atoms with Crippen molar-refractivity contribution in [2.24, 2.45) is 16.5 Å². The van der Waals surface area contributed by atoms with Crippen molar-refractivity contribution >= 4 is 29.2 Å². The van der Waals surface area contributed by atoms with E-state index in [1.165, 1.54) is 19.3 Å². The van der Waals surface area contributed by atoms with E-state index in [-0.39, 0.29) is 11.4 Å². The summed E-state index contributed by atoms with van der Waals surface area (Å²) in [5, 5.41) is 1.36. The molecule has 1 saturated carbocycles. The summed E-state index contributed by atoms with van der Waals surface area (Å²) in [4.78, 5) is 4.24. The molecule has 0 atom stereocenters. The van der Waals surface area contributed by atoms with E-state index < -0.39 is 0 Å². The topological polar surface area (TPSA) is 64.4 Å². The molecule has 0 aromatic heterocycles. The fourth-order valence-corrected chi connectivity index (χ4v) is 3.51. The summed E-state index contributed by atoms with van der Waals surface area (Å²) < 4.78 is 0. The van der Waals surface area contributed by atoms with Crippen molar-refractivity contribution < 1.29 is 0 Å². The highest BCUT2D eigenvalue weighted by Crippen LogP contribution is 2.43. The largest absolute Gasteiger partial charge is 0.370 e. The molecule has 1 fully saturated rings. The smallest absolute Gasteiger partial charge is 0.185 e. The van der Waals surface area contributed by atoms with Crippen LogP contribution in [0.5, 0.6) is 0 Å². The van der Waals surface area contributed by atoms with Gasteiger partial charge in [-0.1, -0.05) is 48.5 Å². The molecule has 0 heterocycles. The highest BCUT2D eigenvalue weighted by atomic mass is 35.5. The molecule has 1 aromatic rings. The molecule has 0 spiro atoms. The third kappa shape index (κ3) is 3.34. The van der Waals surface area contributed by atoms with E-state index in [2.05, 4.69) is 4.99 Å². The van der Waals surface area contributed by atoms with E-state index in [0.29, 0.717) is 16.6 Å². The standard InChI is InChI=1S/C14H19Cl2N3/c15-10-4-5-11(12(16)8-10)14(9-19-13(17)18)6-2-1-3-7-14/h4-5,8H,1-3,6-7,9H2,(H4,17,18,19). The number of rotatable bonds is 3. The van der Waals surface area contributed by atoms with E-state index in [9.17, 15) is 0 Å². The molecule has 19 heavy (non-hydrogen) atoms. The first-order chi connectivity index (χ1) is 9.03. The van der Waals surface area contributed by atoms with Crippen LogP contribution in [0.4, 0.5) is 0 Å². The van der Waals surface area contributed by atoms with Gasteiger partial charge in [-0.3, -0.25) is 4.99 Å². The molecule has 1 aliphatic rings. The minimum Gasteiger partial charge on any atom is -0.370 e. The van der Waals surface area contributed by atoms with Crippen LogP contribution in [0.2, 0.25) is 10.0 Å². The lowest BCUT2D eigenvalue weighted by Crippen LogP contribution is -2.35. The quantitative estimate of drug-likeness (QED) is 0.663. The summed E-state index contributed by atoms with van der Waals surface area (Å²) in [6.45, 7) is 0.594. The predicted molar refractivity (Wildman–Crippen MR) is 81.9 cm³/mol. The van der Waals surface area contributed by atoms with Crippen molar-refractivity contribution in [1.82, 2.24) is 0 Å². The monoisotopic (exact) mass is 299 g/mol. The molecule has 0 saturated heterocycles. The molecule has 0 bridgehead atoms. The van der Waals surface area contributed by atoms with E-state index in [1.807, 2.05) is 12.1 Å². The molecule has 0 aliphatic heterocycles. The summed E-state index contributed by atoms with van der Waals surface area (Å²) in [5.74, 6) is 0.134. The summed E-state index contributed by atoms with van der Waals surface area (Å²) in [5.41, 5.74) is 12.0. The average Bonchev–Trinajstić information content (AvgIpc) is 2.37. The maximum Gasteiger partial charge on any atom is 0.185 e. The van der Waals surface area contributed by atoms with Crippen LogP contribution >= 0.6 is 23.2 Å². The van der Waals surface area contributed by atoms with Crippen molar-refractivity contribution in [3.05, 3.63) is 33.8 Å². The predicted octanol–water partition coefficient (Wildman–Crippen LogP) is 3.47. The number of aliphatic imine (C=N–C) groups is 1. The molecule has 5 heteroatoms. The van der Waals surface area contributed by atoms with Gasteiger partial charge >= 0.3 is 0 Å². The Kier molecular flexibility index (Phi) is 4.58. The Morgan fingerprint density at radius 1 is 1.16 bits per heavy atom. The van der Waals surface area contributed by atoms with Gasteiger partial charge in [0.05, 0.1) is 6.54 Å². The second kappa shape index (κ2) is 6.02. The Morgan fingerprint density at radius 3 is 2.42 bits per heavy atom. The van der Waals surface area contributed by atoms with E-state index in [1.54, 1.807) is 6.07 Å². The summed E-state index contributed by atoms with van der Waals surface area (Å²) in [7, 11) is 0. The second-order valence-corrected chi connectivity index (χ2v) is 6.05. The van der Waals surface area contributed by atoms with Crippen LogP contribution in [0.1, 0.15) is 37.7 Å². The molecule has 0 unspecified atom stereocenters. The van der Waals surface area contributed by atoms with Gasteiger partial charge in [-0.2, -0.15) is 0 Å². The zero-order valence-corrected chi connectivity index (χ0v) is 12.3. The van der Waals surface area contributed by atoms with Gasteiger partial charge in [0.2, 0.25) is 0 Å². The first kappa shape index (κ1) is 14.5. The lowest BCUT2D eigenvalue weighted by molar-refractivity contribution is 0.301. The first-order valence-corrected chi connectivity index (χ1v) is 7.30. The Labute approximate surface area is 124 Å². The van der Waals surface area contributed by atoms with Gasteiger partial charge in [0.1, 0.15) is 0 Å². The average molecular weight is 300 g/mol. The molecule has 104 valence electrons. The highest BCUT2D eigenvalue weighted by molar-refractivity contribution is 6.35. The van der Waals surface area contributed by atoms with Gasteiger partial charge < -0.3 is 11.5 Å². The van der Waals surface area contributed by atoms with Gasteiger partial charge in [0.15, 0.2) is 5.96 Å². The third-order valence-electron chi connectivity index (χ3n) is 3.88.